The van der Waals surface area contributed by atoms with Crippen molar-refractivity contribution in [2.45, 2.75) is 25.6 Å². The predicted octanol–water partition coefficient (Wildman–Crippen LogP) is 2.52. The summed E-state index contributed by atoms with van der Waals surface area (Å²) in [6, 6.07) is 7.08. The van der Waals surface area contributed by atoms with E-state index >= 15 is 0 Å². The number of nitrogens with one attached hydrogen (secondary N) is 1. The highest BCUT2D eigenvalue weighted by Crippen LogP contribution is 2.33. The number of benzene rings is 1. The van der Waals surface area contributed by atoms with Crippen molar-refractivity contribution < 1.29 is 23.1 Å². The van der Waals surface area contributed by atoms with Crippen LogP contribution in [0.25, 0.3) is 5.57 Å². The highest BCUT2D eigenvalue weighted by atomic mass is 19.4. The summed E-state index contributed by atoms with van der Waals surface area (Å²) in [6.07, 6.45) is -4.13. The molecule has 0 atom stereocenters. The van der Waals surface area contributed by atoms with Crippen molar-refractivity contribution in [2.24, 2.45) is 0 Å². The molecule has 3 nitrogen and oxygen atoms in total. The first kappa shape index (κ1) is 16.2. The molecule has 0 radical (unpaired) electrons. The molecule has 0 saturated heterocycles. The summed E-state index contributed by atoms with van der Waals surface area (Å²) in [4.78, 5) is 11.6. The zero-order valence-corrected chi connectivity index (χ0v) is 11.2. The Morgan fingerprint density at radius 1 is 1.25 bits per heavy atom. The Labute approximate surface area is 115 Å². The van der Waals surface area contributed by atoms with E-state index in [9.17, 15) is 18.0 Å². The van der Waals surface area contributed by atoms with Crippen LogP contribution < -0.4 is 5.32 Å². The Morgan fingerprint density at radius 3 is 2.25 bits per heavy atom. The molecule has 0 aliphatic carbocycles. The molecule has 0 spiro atoms. The van der Waals surface area contributed by atoms with E-state index in [0.717, 1.165) is 0 Å². The fourth-order valence-electron chi connectivity index (χ4n) is 1.49. The van der Waals surface area contributed by atoms with E-state index in [1.54, 1.807) is 6.07 Å². The monoisotopic (exact) mass is 287 g/mol. The third-order valence-electron chi connectivity index (χ3n) is 2.52. The van der Waals surface area contributed by atoms with Crippen molar-refractivity contribution in [1.29, 1.82) is 0 Å². The van der Waals surface area contributed by atoms with Gasteiger partial charge in [-0.05, 0) is 19.4 Å². The quantitative estimate of drug-likeness (QED) is 0.836. The first-order valence-electron chi connectivity index (χ1n) is 5.93. The molecular formula is C14H16F3NO2. The number of halogens is 3. The molecule has 1 aromatic carbocycles. The van der Waals surface area contributed by atoms with Gasteiger partial charge in [-0.1, -0.05) is 30.3 Å². The summed E-state index contributed by atoms with van der Waals surface area (Å²) in [6.45, 7) is 2.64. The lowest BCUT2D eigenvalue weighted by Crippen LogP contribution is -2.45. The van der Waals surface area contributed by atoms with Crippen LogP contribution in [0.3, 0.4) is 0 Å². The molecule has 0 unspecified atom stereocenters. The molecule has 110 valence electrons. The Hall–Kier alpha value is -1.82. The van der Waals surface area contributed by atoms with Crippen molar-refractivity contribution in [2.75, 3.05) is 6.61 Å². The summed E-state index contributed by atoms with van der Waals surface area (Å²) in [5.41, 5.74) is -2.10. The number of hydrogen-bond donors (Lipinski definition) is 2. The van der Waals surface area contributed by atoms with Crippen molar-refractivity contribution in [3.63, 3.8) is 0 Å². The predicted molar refractivity (Wildman–Crippen MR) is 69.8 cm³/mol. The van der Waals surface area contributed by atoms with Gasteiger partial charge in [0.05, 0.1) is 17.7 Å². The molecule has 1 rings (SSSR count). The molecule has 2 N–H and O–H groups in total. The Morgan fingerprint density at radius 2 is 1.80 bits per heavy atom. The van der Waals surface area contributed by atoms with Crippen LogP contribution in [0.15, 0.2) is 36.4 Å². The highest BCUT2D eigenvalue weighted by Gasteiger charge is 2.35. The number of aliphatic hydroxyl groups is 1. The normalized spacial score (nSPS) is 13.2. The summed E-state index contributed by atoms with van der Waals surface area (Å²) < 4.78 is 38.9. The van der Waals surface area contributed by atoms with Crippen LogP contribution in [0.4, 0.5) is 13.2 Å². The summed E-state index contributed by atoms with van der Waals surface area (Å²) in [7, 11) is 0. The van der Waals surface area contributed by atoms with Gasteiger partial charge in [0.1, 0.15) is 0 Å². The summed E-state index contributed by atoms with van der Waals surface area (Å²) in [5.74, 6) is -0.903. The van der Waals surface area contributed by atoms with Gasteiger partial charge in [0.2, 0.25) is 5.91 Å². The van der Waals surface area contributed by atoms with E-state index in [2.05, 4.69) is 5.32 Å². The first-order chi connectivity index (χ1) is 9.15. The number of rotatable bonds is 4. The second-order valence-corrected chi connectivity index (χ2v) is 4.95. The second-order valence-electron chi connectivity index (χ2n) is 4.95. The van der Waals surface area contributed by atoms with Gasteiger partial charge in [-0.25, -0.2) is 0 Å². The molecule has 0 aliphatic heterocycles. The number of carbonyl (C=O) groups excluding carboxylic acids is 1. The average Bonchev–Trinajstić information content (AvgIpc) is 2.35. The number of amides is 1. The number of aliphatic hydroxyl groups excluding tert-OH is 1. The van der Waals surface area contributed by atoms with E-state index in [1.165, 1.54) is 38.1 Å². The van der Waals surface area contributed by atoms with Crippen LogP contribution in [0.2, 0.25) is 0 Å². The molecule has 0 saturated carbocycles. The molecule has 1 amide bonds. The number of alkyl halides is 3. The molecule has 0 heterocycles. The Balaban J connectivity index is 3.08. The standard InChI is InChI=1S/C14H16F3NO2/c1-13(2,9-19)18-12(20)8-11(14(15,16)17)10-6-4-3-5-7-10/h3-8,19H,9H2,1-2H3,(H,18,20)/b11-8-. The maximum absolute atomic E-state index is 13.0. The van der Waals surface area contributed by atoms with Crippen molar-refractivity contribution in [3.8, 4) is 0 Å². The van der Waals surface area contributed by atoms with Gasteiger partial charge >= 0.3 is 6.18 Å². The van der Waals surface area contributed by atoms with Gasteiger partial charge in [0.25, 0.3) is 0 Å². The largest absolute Gasteiger partial charge is 0.417 e. The number of allylic oxidation sites excluding steroid dienone is 1. The van der Waals surface area contributed by atoms with Crippen LogP contribution in [0.1, 0.15) is 19.4 Å². The highest BCUT2D eigenvalue weighted by molar-refractivity contribution is 5.96. The van der Waals surface area contributed by atoms with Gasteiger partial charge < -0.3 is 10.4 Å². The van der Waals surface area contributed by atoms with Crippen LogP contribution >= 0.6 is 0 Å². The molecule has 0 bridgehead atoms. The lowest BCUT2D eigenvalue weighted by Gasteiger charge is -2.23. The zero-order chi connectivity index (χ0) is 15.4. The second kappa shape index (κ2) is 6.09. The molecule has 6 heteroatoms. The van der Waals surface area contributed by atoms with Crippen LogP contribution in [0.5, 0.6) is 0 Å². The third kappa shape index (κ3) is 4.70. The zero-order valence-electron chi connectivity index (χ0n) is 11.2. The average molecular weight is 287 g/mol. The SMILES string of the molecule is CC(C)(CO)NC(=O)/C=C(/c1ccccc1)C(F)(F)F. The first-order valence-corrected chi connectivity index (χ1v) is 5.93. The van der Waals surface area contributed by atoms with Gasteiger partial charge in [0, 0.05) is 6.08 Å². The van der Waals surface area contributed by atoms with Crippen molar-refractivity contribution >= 4 is 11.5 Å². The molecule has 0 aliphatic rings. The maximum atomic E-state index is 13.0. The molecule has 1 aromatic rings. The van der Waals surface area contributed by atoms with Crippen molar-refractivity contribution in [3.05, 3.63) is 42.0 Å². The smallest absolute Gasteiger partial charge is 0.394 e. The lowest BCUT2D eigenvalue weighted by molar-refractivity contribution is -0.119. The lowest BCUT2D eigenvalue weighted by atomic mass is 10.0. The van der Waals surface area contributed by atoms with Crippen LogP contribution in [0, 0.1) is 0 Å². The summed E-state index contributed by atoms with van der Waals surface area (Å²) >= 11 is 0. The molecule has 0 aromatic heterocycles. The number of carbonyl (C=O) groups is 1. The van der Waals surface area contributed by atoms with E-state index in [-0.39, 0.29) is 12.2 Å². The maximum Gasteiger partial charge on any atom is 0.417 e. The minimum atomic E-state index is -4.64. The molecule has 20 heavy (non-hydrogen) atoms. The molecule has 0 fully saturated rings. The van der Waals surface area contributed by atoms with E-state index in [1.807, 2.05) is 0 Å². The third-order valence-corrected chi connectivity index (χ3v) is 2.52. The van der Waals surface area contributed by atoms with E-state index in [0.29, 0.717) is 6.08 Å². The fraction of sp³-hybridized carbons (Fsp3) is 0.357. The van der Waals surface area contributed by atoms with Gasteiger partial charge in [-0.3, -0.25) is 4.79 Å². The Kier molecular flexibility index (Phi) is 4.94. The van der Waals surface area contributed by atoms with Crippen LogP contribution in [-0.4, -0.2) is 29.3 Å². The van der Waals surface area contributed by atoms with Gasteiger partial charge in [-0.2, -0.15) is 13.2 Å². The summed E-state index contributed by atoms with van der Waals surface area (Å²) in [5, 5.41) is 11.3. The van der Waals surface area contributed by atoms with E-state index in [4.69, 9.17) is 5.11 Å². The molecular weight excluding hydrogens is 271 g/mol. The van der Waals surface area contributed by atoms with Crippen LogP contribution in [-0.2, 0) is 4.79 Å². The van der Waals surface area contributed by atoms with Crippen molar-refractivity contribution in [1.82, 2.24) is 5.32 Å². The van der Waals surface area contributed by atoms with Gasteiger partial charge in [-0.15, -0.1) is 0 Å². The topological polar surface area (TPSA) is 49.3 Å². The van der Waals surface area contributed by atoms with E-state index < -0.39 is 23.2 Å². The van der Waals surface area contributed by atoms with Gasteiger partial charge in [0.15, 0.2) is 0 Å². The Bertz CT molecular complexity index is 493. The number of hydrogen-bond acceptors (Lipinski definition) is 2. The minimum absolute atomic E-state index is 0.0862. The minimum Gasteiger partial charge on any atom is -0.394 e. The fourth-order valence-corrected chi connectivity index (χ4v) is 1.49.